The Balaban J connectivity index is 1.66. The van der Waals surface area contributed by atoms with Gasteiger partial charge in [-0.15, -0.1) is 0 Å². The molecular weight excluding hydrogens is 356 g/mol. The Morgan fingerprint density at radius 2 is 1.57 bits per heavy atom. The SMILES string of the molecule is COC(=O)CC1NC(c2ccccc2)C2C(=O)N(Cc3ccccc3)C(=O)C12. The van der Waals surface area contributed by atoms with Crippen molar-refractivity contribution >= 4 is 17.8 Å². The molecule has 0 bridgehead atoms. The first-order chi connectivity index (χ1) is 13.6. The predicted octanol–water partition coefficient (Wildman–Crippen LogP) is 2.06. The third-order valence-electron chi connectivity index (χ3n) is 5.63. The van der Waals surface area contributed by atoms with E-state index in [1.54, 1.807) is 0 Å². The monoisotopic (exact) mass is 378 g/mol. The van der Waals surface area contributed by atoms with Gasteiger partial charge in [0.2, 0.25) is 11.8 Å². The van der Waals surface area contributed by atoms with Crippen molar-refractivity contribution in [1.29, 1.82) is 0 Å². The minimum Gasteiger partial charge on any atom is -0.469 e. The van der Waals surface area contributed by atoms with Crippen molar-refractivity contribution in [2.75, 3.05) is 7.11 Å². The molecule has 2 aromatic carbocycles. The number of methoxy groups -OCH3 is 1. The zero-order valence-electron chi connectivity index (χ0n) is 15.6. The number of benzene rings is 2. The molecule has 28 heavy (non-hydrogen) atoms. The van der Waals surface area contributed by atoms with Gasteiger partial charge in [-0.3, -0.25) is 19.3 Å². The number of carbonyl (C=O) groups is 3. The lowest BCUT2D eigenvalue weighted by molar-refractivity contribution is -0.142. The molecule has 144 valence electrons. The van der Waals surface area contributed by atoms with Crippen LogP contribution in [0.3, 0.4) is 0 Å². The van der Waals surface area contributed by atoms with Crippen LogP contribution in [0.2, 0.25) is 0 Å². The van der Waals surface area contributed by atoms with E-state index in [2.05, 4.69) is 5.32 Å². The second kappa shape index (κ2) is 7.56. The maximum absolute atomic E-state index is 13.2. The minimum absolute atomic E-state index is 0.0548. The van der Waals surface area contributed by atoms with Crippen molar-refractivity contribution in [3.05, 3.63) is 71.8 Å². The molecule has 2 aliphatic rings. The van der Waals surface area contributed by atoms with E-state index in [1.165, 1.54) is 12.0 Å². The fourth-order valence-corrected chi connectivity index (χ4v) is 4.32. The number of nitrogens with one attached hydrogen (secondary N) is 1. The summed E-state index contributed by atoms with van der Waals surface area (Å²) in [6, 6.07) is 18.3. The van der Waals surface area contributed by atoms with Crippen LogP contribution in [0.15, 0.2) is 60.7 Å². The number of carbonyl (C=O) groups excluding carboxylic acids is 3. The smallest absolute Gasteiger partial charge is 0.307 e. The molecule has 6 heteroatoms. The van der Waals surface area contributed by atoms with Crippen LogP contribution in [0.4, 0.5) is 0 Å². The molecule has 4 rings (SSSR count). The number of ether oxygens (including phenoxy) is 1. The molecule has 2 heterocycles. The van der Waals surface area contributed by atoms with E-state index in [4.69, 9.17) is 4.74 Å². The summed E-state index contributed by atoms with van der Waals surface area (Å²) in [5.74, 6) is -1.90. The van der Waals surface area contributed by atoms with Crippen molar-refractivity contribution in [2.24, 2.45) is 11.8 Å². The van der Waals surface area contributed by atoms with E-state index in [9.17, 15) is 14.4 Å². The molecule has 0 aliphatic carbocycles. The van der Waals surface area contributed by atoms with Crippen LogP contribution in [0.25, 0.3) is 0 Å². The number of likely N-dealkylation sites (tertiary alicyclic amines) is 1. The summed E-state index contributed by atoms with van der Waals surface area (Å²) in [6.07, 6.45) is 0.0548. The zero-order chi connectivity index (χ0) is 19.7. The highest BCUT2D eigenvalue weighted by molar-refractivity contribution is 6.06. The summed E-state index contributed by atoms with van der Waals surface area (Å²) >= 11 is 0. The van der Waals surface area contributed by atoms with Gasteiger partial charge in [0.1, 0.15) is 0 Å². The second-order valence-corrected chi connectivity index (χ2v) is 7.24. The largest absolute Gasteiger partial charge is 0.469 e. The molecule has 2 saturated heterocycles. The highest BCUT2D eigenvalue weighted by Crippen LogP contribution is 2.45. The normalized spacial score (nSPS) is 26.4. The highest BCUT2D eigenvalue weighted by atomic mass is 16.5. The summed E-state index contributed by atoms with van der Waals surface area (Å²) in [6.45, 7) is 0.248. The van der Waals surface area contributed by atoms with Crippen molar-refractivity contribution < 1.29 is 19.1 Å². The highest BCUT2D eigenvalue weighted by Gasteiger charge is 2.59. The fourth-order valence-electron chi connectivity index (χ4n) is 4.32. The van der Waals surface area contributed by atoms with Gasteiger partial charge in [-0.1, -0.05) is 60.7 Å². The van der Waals surface area contributed by atoms with Gasteiger partial charge in [-0.25, -0.2) is 0 Å². The molecule has 0 spiro atoms. The van der Waals surface area contributed by atoms with Crippen LogP contribution in [0, 0.1) is 11.8 Å². The van der Waals surface area contributed by atoms with Gasteiger partial charge in [-0.2, -0.15) is 0 Å². The van der Waals surface area contributed by atoms with Crippen LogP contribution in [-0.2, 0) is 25.7 Å². The standard InChI is InChI=1S/C22H22N2O4/c1-28-17(25)12-16-18-19(20(23-16)15-10-6-3-7-11-15)22(27)24(21(18)26)13-14-8-4-2-5-9-14/h2-11,16,18-20,23H,12-13H2,1H3. The van der Waals surface area contributed by atoms with E-state index in [0.29, 0.717) is 0 Å². The van der Waals surface area contributed by atoms with Gasteiger partial charge in [0, 0.05) is 12.1 Å². The topological polar surface area (TPSA) is 75.7 Å². The van der Waals surface area contributed by atoms with E-state index in [1.807, 2.05) is 60.7 Å². The summed E-state index contributed by atoms with van der Waals surface area (Å²) in [4.78, 5) is 39.6. The van der Waals surface area contributed by atoms with Gasteiger partial charge in [-0.05, 0) is 11.1 Å². The molecule has 6 nitrogen and oxygen atoms in total. The van der Waals surface area contributed by atoms with Crippen molar-refractivity contribution in [3.8, 4) is 0 Å². The molecule has 2 aliphatic heterocycles. The number of rotatable bonds is 5. The van der Waals surface area contributed by atoms with Gasteiger partial charge in [0.25, 0.3) is 0 Å². The molecule has 2 amide bonds. The molecule has 0 radical (unpaired) electrons. The third-order valence-corrected chi connectivity index (χ3v) is 5.63. The Morgan fingerprint density at radius 1 is 0.964 bits per heavy atom. The van der Waals surface area contributed by atoms with Gasteiger partial charge < -0.3 is 10.1 Å². The number of imide groups is 1. The van der Waals surface area contributed by atoms with Crippen molar-refractivity contribution in [3.63, 3.8) is 0 Å². The van der Waals surface area contributed by atoms with E-state index >= 15 is 0 Å². The fraction of sp³-hybridized carbons (Fsp3) is 0.318. The van der Waals surface area contributed by atoms with E-state index < -0.39 is 23.8 Å². The quantitative estimate of drug-likeness (QED) is 0.637. The first kappa shape index (κ1) is 18.4. The first-order valence-corrected chi connectivity index (χ1v) is 9.37. The lowest BCUT2D eigenvalue weighted by Crippen LogP contribution is -2.40. The lowest BCUT2D eigenvalue weighted by Gasteiger charge is -2.22. The number of hydrogen-bond acceptors (Lipinski definition) is 5. The molecule has 0 aromatic heterocycles. The van der Waals surface area contributed by atoms with Crippen LogP contribution in [-0.4, -0.2) is 35.8 Å². The lowest BCUT2D eigenvalue weighted by atomic mass is 9.86. The molecule has 0 saturated carbocycles. The predicted molar refractivity (Wildman–Crippen MR) is 102 cm³/mol. The van der Waals surface area contributed by atoms with Crippen LogP contribution in [0.1, 0.15) is 23.6 Å². The van der Waals surface area contributed by atoms with Crippen LogP contribution in [0.5, 0.6) is 0 Å². The summed E-state index contributed by atoms with van der Waals surface area (Å²) < 4.78 is 4.80. The maximum atomic E-state index is 13.2. The number of amides is 2. The van der Waals surface area contributed by atoms with E-state index in [-0.39, 0.29) is 30.8 Å². The Labute approximate surface area is 163 Å². The summed E-state index contributed by atoms with van der Waals surface area (Å²) in [7, 11) is 1.33. The van der Waals surface area contributed by atoms with Crippen molar-refractivity contribution in [2.45, 2.75) is 25.0 Å². The number of esters is 1. The average molecular weight is 378 g/mol. The number of fused-ring (bicyclic) bond motifs is 1. The molecule has 4 atom stereocenters. The summed E-state index contributed by atoms with van der Waals surface area (Å²) in [5.41, 5.74) is 1.84. The Kier molecular flexibility index (Phi) is 4.96. The Bertz CT molecular complexity index is 884. The third kappa shape index (κ3) is 3.20. The summed E-state index contributed by atoms with van der Waals surface area (Å²) in [5, 5.41) is 3.35. The molecule has 2 fully saturated rings. The van der Waals surface area contributed by atoms with Crippen molar-refractivity contribution in [1.82, 2.24) is 10.2 Å². The van der Waals surface area contributed by atoms with Crippen LogP contribution >= 0.6 is 0 Å². The maximum Gasteiger partial charge on any atom is 0.307 e. The molecule has 4 unspecified atom stereocenters. The number of nitrogens with zero attached hydrogens (tertiary/aromatic N) is 1. The Morgan fingerprint density at radius 3 is 2.21 bits per heavy atom. The minimum atomic E-state index is -0.569. The van der Waals surface area contributed by atoms with Gasteiger partial charge in [0.15, 0.2) is 0 Å². The van der Waals surface area contributed by atoms with Crippen LogP contribution < -0.4 is 5.32 Å². The Hall–Kier alpha value is -2.99. The first-order valence-electron chi connectivity index (χ1n) is 9.37. The zero-order valence-corrected chi connectivity index (χ0v) is 15.6. The molecule has 2 aromatic rings. The van der Waals surface area contributed by atoms with E-state index in [0.717, 1.165) is 11.1 Å². The molecule has 1 N–H and O–H groups in total. The van der Waals surface area contributed by atoms with Gasteiger partial charge >= 0.3 is 5.97 Å². The van der Waals surface area contributed by atoms with Gasteiger partial charge in [0.05, 0.1) is 31.9 Å². The second-order valence-electron chi connectivity index (χ2n) is 7.24. The molecular formula is C22H22N2O4. The average Bonchev–Trinajstić information content (AvgIpc) is 3.21. The number of hydrogen-bond donors (Lipinski definition) is 1.